The summed E-state index contributed by atoms with van der Waals surface area (Å²) in [5.74, 6) is 1.75. The molecule has 0 aliphatic rings. The van der Waals surface area contributed by atoms with Gasteiger partial charge in [-0.2, -0.15) is 0 Å². The number of rotatable bonds is 16. The van der Waals surface area contributed by atoms with Crippen molar-refractivity contribution in [2.75, 3.05) is 26.3 Å². The van der Waals surface area contributed by atoms with Crippen molar-refractivity contribution in [2.45, 2.75) is 38.5 Å². The first-order valence-corrected chi connectivity index (χ1v) is 14.5. The molecule has 0 fully saturated rings. The van der Waals surface area contributed by atoms with Gasteiger partial charge in [0.25, 0.3) is 0 Å². The smallest absolute Gasteiger partial charge is 0.119 e. The summed E-state index contributed by atoms with van der Waals surface area (Å²) in [5.41, 5.74) is 18.1. The fourth-order valence-corrected chi connectivity index (χ4v) is 4.83. The van der Waals surface area contributed by atoms with Crippen LogP contribution in [-0.2, 0) is 0 Å². The number of hydrogen-bond acceptors (Lipinski definition) is 4. The Labute approximate surface area is 239 Å². The summed E-state index contributed by atoms with van der Waals surface area (Å²) in [5, 5.41) is 0. The molecule has 0 amide bonds. The van der Waals surface area contributed by atoms with Crippen molar-refractivity contribution in [1.82, 2.24) is 0 Å². The molecule has 4 N–H and O–H groups in total. The lowest BCUT2D eigenvalue weighted by Crippen LogP contribution is -2.03. The average Bonchev–Trinajstić information content (AvgIpc) is 3.01. The zero-order chi connectivity index (χ0) is 27.8. The fraction of sp³-hybridized carbons (Fsp3) is 0.278. The molecule has 0 heterocycles. The number of hydrogen-bond donors (Lipinski definition) is 2. The van der Waals surface area contributed by atoms with Crippen molar-refractivity contribution in [3.05, 3.63) is 131 Å². The topological polar surface area (TPSA) is 70.5 Å². The van der Waals surface area contributed by atoms with E-state index in [1.807, 2.05) is 12.1 Å². The molecule has 40 heavy (non-hydrogen) atoms. The lowest BCUT2D eigenvalue weighted by atomic mass is 9.85. The van der Waals surface area contributed by atoms with Crippen LogP contribution in [0.5, 0.6) is 11.5 Å². The molecule has 0 spiro atoms. The van der Waals surface area contributed by atoms with E-state index in [-0.39, 0.29) is 0 Å². The maximum Gasteiger partial charge on any atom is 0.119 e. The molecule has 4 aromatic rings. The van der Waals surface area contributed by atoms with E-state index in [9.17, 15) is 0 Å². The van der Waals surface area contributed by atoms with Gasteiger partial charge in [0, 0.05) is 0 Å². The largest absolute Gasteiger partial charge is 0.494 e. The second-order valence-corrected chi connectivity index (χ2v) is 9.93. The Kier molecular flexibility index (Phi) is 11.9. The van der Waals surface area contributed by atoms with E-state index in [0.29, 0.717) is 13.2 Å². The van der Waals surface area contributed by atoms with E-state index in [0.717, 1.165) is 96.5 Å². The van der Waals surface area contributed by atoms with Gasteiger partial charge in [-0.05, 0) is 109 Å². The van der Waals surface area contributed by atoms with Crippen molar-refractivity contribution in [1.29, 1.82) is 0 Å². The summed E-state index contributed by atoms with van der Waals surface area (Å²) >= 11 is 0. The quantitative estimate of drug-likeness (QED) is 0.114. The predicted octanol–water partition coefficient (Wildman–Crippen LogP) is 7.71. The summed E-state index contributed by atoms with van der Waals surface area (Å²) in [6.07, 6.45) is 6.21. The lowest BCUT2D eigenvalue weighted by Gasteiger charge is -2.19. The summed E-state index contributed by atoms with van der Waals surface area (Å²) in [7, 11) is 0. The predicted molar refractivity (Wildman–Crippen MR) is 168 cm³/mol. The standard InChI is InChI=1S/C36H42N2O2/c37-23-9-3-11-25-39-33-21-13-19-31(27-33)35(29-15-5-1-6-16-29)36(30-17-7-2-8-18-30)32-20-14-22-34(28-32)40-26-12-4-10-24-38/h1-2,5-8,13-22,27-28H,3-4,9-12,23-26,37-38H2/b36-35+. The Hall–Kier alpha value is -3.86. The zero-order valence-corrected chi connectivity index (χ0v) is 23.4. The first-order chi connectivity index (χ1) is 19.8. The summed E-state index contributed by atoms with van der Waals surface area (Å²) in [4.78, 5) is 0. The molecule has 0 aromatic heterocycles. The number of nitrogens with two attached hydrogens (primary N) is 2. The van der Waals surface area contributed by atoms with Crippen molar-refractivity contribution in [2.24, 2.45) is 11.5 Å². The third-order valence-electron chi connectivity index (χ3n) is 6.85. The molecule has 0 saturated heterocycles. The number of ether oxygens (including phenoxy) is 2. The Morgan fingerprint density at radius 2 is 0.825 bits per heavy atom. The molecule has 0 unspecified atom stereocenters. The van der Waals surface area contributed by atoms with Crippen molar-refractivity contribution >= 4 is 11.1 Å². The van der Waals surface area contributed by atoms with Crippen LogP contribution in [0, 0.1) is 0 Å². The van der Waals surface area contributed by atoms with Crippen LogP contribution in [0.2, 0.25) is 0 Å². The first kappa shape index (κ1) is 29.1. The second kappa shape index (κ2) is 16.3. The van der Waals surface area contributed by atoms with Gasteiger partial charge < -0.3 is 20.9 Å². The van der Waals surface area contributed by atoms with Crippen LogP contribution >= 0.6 is 0 Å². The normalized spacial score (nSPS) is 11.7. The molecule has 0 aliphatic carbocycles. The van der Waals surface area contributed by atoms with Gasteiger partial charge in [0.2, 0.25) is 0 Å². The molecule has 0 radical (unpaired) electrons. The van der Waals surface area contributed by atoms with E-state index in [2.05, 4.69) is 97.1 Å². The third-order valence-corrected chi connectivity index (χ3v) is 6.85. The van der Waals surface area contributed by atoms with Gasteiger partial charge in [-0.1, -0.05) is 84.9 Å². The van der Waals surface area contributed by atoms with Crippen molar-refractivity contribution in [3.8, 4) is 11.5 Å². The fourth-order valence-electron chi connectivity index (χ4n) is 4.83. The van der Waals surface area contributed by atoms with Gasteiger partial charge in [-0.15, -0.1) is 0 Å². The third kappa shape index (κ3) is 8.57. The van der Waals surface area contributed by atoms with E-state index in [1.165, 1.54) is 0 Å². The van der Waals surface area contributed by atoms with Crippen LogP contribution in [0.25, 0.3) is 11.1 Å². The second-order valence-electron chi connectivity index (χ2n) is 9.93. The minimum absolute atomic E-state index is 0.685. The van der Waals surface area contributed by atoms with Crippen LogP contribution < -0.4 is 20.9 Å². The minimum Gasteiger partial charge on any atom is -0.494 e. The molecule has 4 rings (SSSR count). The van der Waals surface area contributed by atoms with Gasteiger partial charge in [0.15, 0.2) is 0 Å². The SMILES string of the molecule is NCCCCCOc1cccc(/C(=C(\c2ccccc2)c2cccc(OCCCCCN)c2)c2ccccc2)c1. The summed E-state index contributed by atoms with van der Waals surface area (Å²) < 4.78 is 12.3. The van der Waals surface area contributed by atoms with Gasteiger partial charge in [0.1, 0.15) is 11.5 Å². The van der Waals surface area contributed by atoms with Crippen molar-refractivity contribution < 1.29 is 9.47 Å². The summed E-state index contributed by atoms with van der Waals surface area (Å²) in [6, 6.07) is 38.1. The van der Waals surface area contributed by atoms with E-state index < -0.39 is 0 Å². The molecule has 0 aliphatic heterocycles. The minimum atomic E-state index is 0.685. The number of unbranched alkanes of at least 4 members (excludes halogenated alkanes) is 4. The van der Waals surface area contributed by atoms with Gasteiger partial charge in [-0.25, -0.2) is 0 Å². The average molecular weight is 535 g/mol. The molecule has 0 atom stereocenters. The Morgan fingerprint density at radius 1 is 0.425 bits per heavy atom. The molecule has 0 saturated carbocycles. The zero-order valence-electron chi connectivity index (χ0n) is 23.4. The lowest BCUT2D eigenvalue weighted by molar-refractivity contribution is 0.305. The van der Waals surface area contributed by atoms with Gasteiger partial charge in [0.05, 0.1) is 13.2 Å². The molecule has 0 bridgehead atoms. The van der Waals surface area contributed by atoms with Crippen LogP contribution in [0.3, 0.4) is 0 Å². The van der Waals surface area contributed by atoms with Crippen LogP contribution in [0.1, 0.15) is 60.8 Å². The highest BCUT2D eigenvalue weighted by Gasteiger charge is 2.17. The monoisotopic (exact) mass is 534 g/mol. The Balaban J connectivity index is 1.77. The van der Waals surface area contributed by atoms with E-state index in [4.69, 9.17) is 20.9 Å². The van der Waals surface area contributed by atoms with Gasteiger partial charge >= 0.3 is 0 Å². The van der Waals surface area contributed by atoms with E-state index in [1.54, 1.807) is 0 Å². The highest BCUT2D eigenvalue weighted by Crippen LogP contribution is 2.38. The molecule has 4 aromatic carbocycles. The Morgan fingerprint density at radius 3 is 1.23 bits per heavy atom. The highest BCUT2D eigenvalue weighted by atomic mass is 16.5. The van der Waals surface area contributed by atoms with Crippen LogP contribution in [0.15, 0.2) is 109 Å². The summed E-state index contributed by atoms with van der Waals surface area (Å²) in [6.45, 7) is 2.82. The molecular formula is C36H42N2O2. The van der Waals surface area contributed by atoms with Crippen LogP contribution in [-0.4, -0.2) is 26.3 Å². The molecule has 4 nitrogen and oxygen atoms in total. The highest BCUT2D eigenvalue weighted by molar-refractivity contribution is 6.04. The molecular weight excluding hydrogens is 492 g/mol. The van der Waals surface area contributed by atoms with Gasteiger partial charge in [-0.3, -0.25) is 0 Å². The molecule has 4 heteroatoms. The molecule has 208 valence electrons. The van der Waals surface area contributed by atoms with Crippen molar-refractivity contribution in [3.63, 3.8) is 0 Å². The van der Waals surface area contributed by atoms with E-state index >= 15 is 0 Å². The van der Waals surface area contributed by atoms with Crippen LogP contribution in [0.4, 0.5) is 0 Å². The first-order valence-electron chi connectivity index (χ1n) is 14.5. The Bertz CT molecular complexity index is 1220. The maximum atomic E-state index is 6.17. The number of benzene rings is 4. The maximum absolute atomic E-state index is 6.17.